The van der Waals surface area contributed by atoms with E-state index in [1.165, 1.54) is 0 Å². The van der Waals surface area contributed by atoms with Crippen LogP contribution in [0.4, 0.5) is 0 Å². The van der Waals surface area contributed by atoms with Gasteiger partial charge in [0.2, 0.25) is 17.7 Å². The number of hydrogen-bond acceptors (Lipinski definition) is 8. The zero-order chi connectivity index (χ0) is 28.0. The Balaban J connectivity index is 5.55. The summed E-state index contributed by atoms with van der Waals surface area (Å²) in [6.45, 7) is 3.26. The molecule has 0 aliphatic heterocycles. The van der Waals surface area contributed by atoms with Crippen molar-refractivity contribution >= 4 is 41.6 Å². The molecular weight excluding hydrogens is 482 g/mol. The van der Waals surface area contributed by atoms with Crippen LogP contribution >= 0.6 is 0 Å². The Bertz CT molecular complexity index is 843. The van der Waals surface area contributed by atoms with Gasteiger partial charge in [0.15, 0.2) is 5.96 Å². The van der Waals surface area contributed by atoms with E-state index < -0.39 is 78.6 Å². The van der Waals surface area contributed by atoms with Crippen LogP contribution in [-0.4, -0.2) is 87.6 Å². The largest absolute Gasteiger partial charge is 0.481 e. The molecule has 36 heavy (non-hydrogen) atoms. The van der Waals surface area contributed by atoms with Gasteiger partial charge in [-0.05, 0) is 25.2 Å². The average molecular weight is 518 g/mol. The summed E-state index contributed by atoms with van der Waals surface area (Å²) >= 11 is 0. The number of aliphatic imine (C=N–C) groups is 1. The molecule has 0 spiro atoms. The third kappa shape index (κ3) is 13.1. The molecule has 0 aromatic heterocycles. The number of hydrogen-bond donors (Lipinski definition) is 9. The van der Waals surface area contributed by atoms with Crippen LogP contribution < -0.4 is 33.2 Å². The molecule has 0 aliphatic carbocycles. The second-order valence-corrected chi connectivity index (χ2v) is 8.28. The molecule has 16 nitrogen and oxygen atoms in total. The fourth-order valence-corrected chi connectivity index (χ4v) is 2.91. The maximum absolute atomic E-state index is 13.0. The van der Waals surface area contributed by atoms with Gasteiger partial charge in [0, 0.05) is 13.0 Å². The minimum absolute atomic E-state index is 0.00303. The summed E-state index contributed by atoms with van der Waals surface area (Å²) in [7, 11) is 0. The van der Waals surface area contributed by atoms with Crippen LogP contribution in [0, 0.1) is 5.92 Å². The van der Waals surface area contributed by atoms with E-state index in [9.17, 15) is 33.9 Å². The quantitative estimate of drug-likeness (QED) is 0.0526. The summed E-state index contributed by atoms with van der Waals surface area (Å²) in [6, 6.07) is -5.43. The Hall–Kier alpha value is -3.95. The maximum Gasteiger partial charge on any atom is 0.326 e. The maximum atomic E-state index is 13.0. The number of nitrogens with one attached hydrogen (secondary N) is 3. The zero-order valence-corrected chi connectivity index (χ0v) is 20.1. The first-order valence-electron chi connectivity index (χ1n) is 11.0. The van der Waals surface area contributed by atoms with Gasteiger partial charge in [-0.1, -0.05) is 13.8 Å². The van der Waals surface area contributed by atoms with Gasteiger partial charge in [-0.3, -0.25) is 29.0 Å². The molecule has 0 rings (SSSR count). The van der Waals surface area contributed by atoms with Gasteiger partial charge >= 0.3 is 17.9 Å². The predicted molar refractivity (Wildman–Crippen MR) is 125 cm³/mol. The van der Waals surface area contributed by atoms with Crippen molar-refractivity contribution in [1.29, 1.82) is 0 Å². The first-order chi connectivity index (χ1) is 16.6. The lowest BCUT2D eigenvalue weighted by Crippen LogP contribution is -2.58. The molecule has 0 radical (unpaired) electrons. The Kier molecular flexibility index (Phi) is 14.1. The molecule has 12 N–H and O–H groups in total. The highest BCUT2D eigenvalue weighted by Gasteiger charge is 2.32. The Morgan fingerprint density at radius 1 is 0.806 bits per heavy atom. The molecule has 204 valence electrons. The van der Waals surface area contributed by atoms with E-state index in [0.29, 0.717) is 0 Å². The number of rotatable bonds is 17. The zero-order valence-electron chi connectivity index (χ0n) is 20.1. The summed E-state index contributed by atoms with van der Waals surface area (Å²) in [5.74, 6) is -7.33. The number of nitrogens with zero attached hydrogens (tertiary/aromatic N) is 1. The number of guanidine groups is 1. The van der Waals surface area contributed by atoms with E-state index in [1.807, 2.05) is 0 Å². The van der Waals surface area contributed by atoms with Gasteiger partial charge in [0.25, 0.3) is 0 Å². The lowest BCUT2D eigenvalue weighted by Gasteiger charge is -2.27. The molecule has 0 aromatic carbocycles. The van der Waals surface area contributed by atoms with E-state index in [2.05, 4.69) is 20.9 Å². The van der Waals surface area contributed by atoms with Crippen LogP contribution in [0.3, 0.4) is 0 Å². The minimum Gasteiger partial charge on any atom is -0.481 e. The van der Waals surface area contributed by atoms with Crippen LogP contribution in [0.2, 0.25) is 0 Å². The Morgan fingerprint density at radius 3 is 1.86 bits per heavy atom. The van der Waals surface area contributed by atoms with E-state index in [0.717, 1.165) is 0 Å². The van der Waals surface area contributed by atoms with Gasteiger partial charge in [0.1, 0.15) is 18.1 Å². The van der Waals surface area contributed by atoms with Crippen molar-refractivity contribution in [3.63, 3.8) is 0 Å². The molecule has 0 fully saturated rings. The van der Waals surface area contributed by atoms with Gasteiger partial charge < -0.3 is 48.5 Å². The topological polar surface area (TPSA) is 290 Å². The summed E-state index contributed by atoms with van der Waals surface area (Å²) in [6.07, 6.45) is -1.34. The van der Waals surface area contributed by atoms with Gasteiger partial charge in [0.05, 0.1) is 12.5 Å². The second kappa shape index (κ2) is 15.9. The fourth-order valence-electron chi connectivity index (χ4n) is 2.91. The molecule has 0 bridgehead atoms. The van der Waals surface area contributed by atoms with Crippen LogP contribution in [0.5, 0.6) is 0 Å². The number of carbonyl (C=O) groups excluding carboxylic acids is 3. The van der Waals surface area contributed by atoms with Crippen molar-refractivity contribution in [2.45, 2.75) is 70.1 Å². The standard InChI is InChI=1S/C20H35N7O9/c1-9(2)15(18(34)26-12(19(35)36)5-6-13(28)29)27-17(33)11(4-3-7-24-20(22)23)25-16(32)10(21)8-14(30)31/h9-12,15H,3-8,21H2,1-2H3,(H,25,32)(H,26,34)(H,27,33)(H,28,29)(H,30,31)(H,35,36)(H4,22,23,24). The first-order valence-corrected chi connectivity index (χ1v) is 11.0. The number of nitrogens with two attached hydrogens (primary N) is 3. The molecule has 4 atom stereocenters. The molecule has 0 heterocycles. The van der Waals surface area contributed by atoms with E-state index in [4.69, 9.17) is 27.4 Å². The highest BCUT2D eigenvalue weighted by molar-refractivity contribution is 5.94. The highest BCUT2D eigenvalue weighted by Crippen LogP contribution is 2.08. The van der Waals surface area contributed by atoms with Crippen molar-refractivity contribution in [1.82, 2.24) is 16.0 Å². The SMILES string of the molecule is CC(C)C(NC(=O)C(CCCN=C(N)N)NC(=O)C(N)CC(=O)O)C(=O)NC(CCC(=O)O)C(=O)O. The lowest BCUT2D eigenvalue weighted by molar-refractivity contribution is -0.143. The van der Waals surface area contributed by atoms with Crippen molar-refractivity contribution in [3.8, 4) is 0 Å². The molecule has 0 saturated carbocycles. The minimum atomic E-state index is -1.50. The smallest absolute Gasteiger partial charge is 0.326 e. The molecule has 0 saturated heterocycles. The van der Waals surface area contributed by atoms with E-state index in [-0.39, 0.29) is 31.8 Å². The fraction of sp³-hybridized carbons (Fsp3) is 0.650. The molecule has 0 aromatic rings. The van der Waals surface area contributed by atoms with E-state index in [1.54, 1.807) is 13.8 Å². The third-order valence-electron chi connectivity index (χ3n) is 4.82. The third-order valence-corrected chi connectivity index (χ3v) is 4.82. The Morgan fingerprint density at radius 2 is 1.39 bits per heavy atom. The number of amides is 3. The van der Waals surface area contributed by atoms with Crippen LogP contribution in [0.25, 0.3) is 0 Å². The molecule has 0 aliphatic rings. The second-order valence-electron chi connectivity index (χ2n) is 8.28. The van der Waals surface area contributed by atoms with Crippen LogP contribution in [-0.2, 0) is 28.8 Å². The number of carboxylic acids is 3. The first kappa shape index (κ1) is 32.0. The average Bonchev–Trinajstić information content (AvgIpc) is 2.75. The van der Waals surface area contributed by atoms with Gasteiger partial charge in [-0.25, -0.2) is 4.79 Å². The van der Waals surface area contributed by atoms with Crippen molar-refractivity contribution in [3.05, 3.63) is 0 Å². The number of aliphatic carboxylic acids is 3. The summed E-state index contributed by atoms with van der Waals surface area (Å²) in [5.41, 5.74) is 16.1. The summed E-state index contributed by atoms with van der Waals surface area (Å²) in [5, 5.41) is 33.9. The molecular formula is C20H35N7O9. The summed E-state index contributed by atoms with van der Waals surface area (Å²) < 4.78 is 0. The van der Waals surface area contributed by atoms with E-state index >= 15 is 0 Å². The highest BCUT2D eigenvalue weighted by atomic mass is 16.4. The molecule has 16 heteroatoms. The van der Waals surface area contributed by atoms with Crippen LogP contribution in [0.15, 0.2) is 4.99 Å². The summed E-state index contributed by atoms with van der Waals surface area (Å²) in [4.78, 5) is 74.7. The normalized spacial score (nSPS) is 14.0. The predicted octanol–water partition coefficient (Wildman–Crippen LogP) is -3.10. The van der Waals surface area contributed by atoms with Gasteiger partial charge in [-0.15, -0.1) is 0 Å². The van der Waals surface area contributed by atoms with Crippen molar-refractivity contribution in [2.75, 3.05) is 6.54 Å². The Labute approximate surface area is 207 Å². The van der Waals surface area contributed by atoms with Gasteiger partial charge in [-0.2, -0.15) is 0 Å². The van der Waals surface area contributed by atoms with Crippen molar-refractivity contribution in [2.24, 2.45) is 28.1 Å². The number of carbonyl (C=O) groups is 6. The lowest BCUT2D eigenvalue weighted by atomic mass is 10.0. The van der Waals surface area contributed by atoms with Crippen LogP contribution in [0.1, 0.15) is 46.0 Å². The molecule has 3 amide bonds. The molecule has 4 unspecified atom stereocenters. The monoisotopic (exact) mass is 517 g/mol. The number of carboxylic acid groups (broad SMARTS) is 3. The van der Waals surface area contributed by atoms with Crippen molar-refractivity contribution < 1.29 is 44.1 Å².